The highest BCUT2D eigenvalue weighted by Crippen LogP contribution is 2.17. The summed E-state index contributed by atoms with van der Waals surface area (Å²) in [6, 6.07) is 0.731. The molecular formula is C14H28N2. The van der Waals surface area contributed by atoms with Crippen molar-refractivity contribution >= 4 is 0 Å². The minimum atomic E-state index is 0.241. The summed E-state index contributed by atoms with van der Waals surface area (Å²) in [7, 11) is 0. The Morgan fingerprint density at radius 3 is 2.62 bits per heavy atom. The molecule has 1 aliphatic heterocycles. The number of rotatable bonds is 4. The normalized spacial score (nSPS) is 22.4. The number of nitrogens with zero attached hydrogens (tertiary/aromatic N) is 1. The van der Waals surface area contributed by atoms with E-state index in [2.05, 4.69) is 50.9 Å². The fraction of sp³-hybridized carbons (Fsp3) is 0.857. The summed E-state index contributed by atoms with van der Waals surface area (Å²) < 4.78 is 0. The van der Waals surface area contributed by atoms with Crippen LogP contribution in [0.3, 0.4) is 0 Å². The van der Waals surface area contributed by atoms with E-state index in [9.17, 15) is 0 Å². The third kappa shape index (κ3) is 5.13. The molecule has 94 valence electrons. The maximum atomic E-state index is 3.62. The third-order valence-corrected chi connectivity index (χ3v) is 3.10. The molecule has 1 heterocycles. The molecular weight excluding hydrogens is 196 g/mol. The summed E-state index contributed by atoms with van der Waals surface area (Å²) in [5.74, 6) is 0. The van der Waals surface area contributed by atoms with Crippen LogP contribution in [0.1, 0.15) is 47.5 Å². The first-order valence-electron chi connectivity index (χ1n) is 6.51. The smallest absolute Gasteiger partial charge is 0.0224 e. The molecule has 0 saturated carbocycles. The molecule has 1 N–H and O–H groups in total. The van der Waals surface area contributed by atoms with Crippen molar-refractivity contribution in [2.45, 2.75) is 59.0 Å². The van der Waals surface area contributed by atoms with Crippen molar-refractivity contribution in [2.24, 2.45) is 0 Å². The minimum Gasteiger partial charge on any atom is -0.311 e. The molecule has 0 aromatic carbocycles. The maximum Gasteiger partial charge on any atom is 0.0224 e. The Morgan fingerprint density at radius 1 is 1.38 bits per heavy atom. The molecule has 16 heavy (non-hydrogen) atoms. The lowest BCUT2D eigenvalue weighted by molar-refractivity contribution is 0.254. The van der Waals surface area contributed by atoms with E-state index in [1.807, 2.05) is 0 Å². The zero-order chi connectivity index (χ0) is 12.2. The van der Waals surface area contributed by atoms with Crippen LogP contribution in [0.2, 0.25) is 0 Å². The molecule has 0 amide bonds. The van der Waals surface area contributed by atoms with Crippen molar-refractivity contribution in [1.82, 2.24) is 10.2 Å². The molecule has 1 unspecified atom stereocenters. The van der Waals surface area contributed by atoms with E-state index in [4.69, 9.17) is 0 Å². The summed E-state index contributed by atoms with van der Waals surface area (Å²) >= 11 is 0. The van der Waals surface area contributed by atoms with Crippen LogP contribution in [0.4, 0.5) is 0 Å². The van der Waals surface area contributed by atoms with Gasteiger partial charge in [0.05, 0.1) is 0 Å². The van der Waals surface area contributed by atoms with E-state index in [1.165, 1.54) is 25.0 Å². The standard InChI is InChI=1S/C14H28N2/c1-12(2)8-10-16-9-6-7-13(16)11-15-14(3,4)5/h8,13,15H,6-7,9-11H2,1-5H3. The lowest BCUT2D eigenvalue weighted by Gasteiger charge is -2.28. The van der Waals surface area contributed by atoms with Crippen LogP contribution in [0, 0.1) is 0 Å². The number of nitrogens with one attached hydrogen (secondary N) is 1. The molecule has 1 saturated heterocycles. The maximum absolute atomic E-state index is 3.62. The number of allylic oxidation sites excluding steroid dienone is 1. The molecule has 1 aliphatic rings. The predicted octanol–water partition coefficient (Wildman–Crippen LogP) is 2.81. The van der Waals surface area contributed by atoms with Crippen LogP contribution in [-0.2, 0) is 0 Å². The highest BCUT2D eigenvalue weighted by atomic mass is 15.2. The Morgan fingerprint density at radius 2 is 2.06 bits per heavy atom. The van der Waals surface area contributed by atoms with E-state index in [0.29, 0.717) is 0 Å². The number of hydrogen-bond acceptors (Lipinski definition) is 2. The van der Waals surface area contributed by atoms with Gasteiger partial charge in [0.1, 0.15) is 0 Å². The average molecular weight is 224 g/mol. The fourth-order valence-corrected chi connectivity index (χ4v) is 2.09. The first-order chi connectivity index (χ1) is 7.38. The zero-order valence-electron chi connectivity index (χ0n) is 11.6. The largest absolute Gasteiger partial charge is 0.311 e. The number of hydrogen-bond donors (Lipinski definition) is 1. The van der Waals surface area contributed by atoms with Crippen LogP contribution in [-0.4, -0.2) is 36.1 Å². The molecule has 1 atom stereocenters. The summed E-state index contributed by atoms with van der Waals surface area (Å²) in [4.78, 5) is 2.60. The molecule has 0 aliphatic carbocycles. The van der Waals surface area contributed by atoms with Gasteiger partial charge in [0.15, 0.2) is 0 Å². The van der Waals surface area contributed by atoms with Gasteiger partial charge >= 0.3 is 0 Å². The van der Waals surface area contributed by atoms with Crippen LogP contribution < -0.4 is 5.32 Å². The molecule has 2 nitrogen and oxygen atoms in total. The van der Waals surface area contributed by atoms with E-state index in [0.717, 1.165) is 19.1 Å². The van der Waals surface area contributed by atoms with Gasteiger partial charge in [0.2, 0.25) is 0 Å². The molecule has 0 aromatic heterocycles. The number of likely N-dealkylation sites (tertiary alicyclic amines) is 1. The first kappa shape index (κ1) is 13.7. The van der Waals surface area contributed by atoms with Crippen LogP contribution in [0.15, 0.2) is 11.6 Å². The van der Waals surface area contributed by atoms with E-state index in [1.54, 1.807) is 0 Å². The Bertz CT molecular complexity index is 234. The van der Waals surface area contributed by atoms with Crippen molar-refractivity contribution in [3.63, 3.8) is 0 Å². The lowest BCUT2D eigenvalue weighted by atomic mass is 10.1. The molecule has 0 radical (unpaired) electrons. The molecule has 2 heteroatoms. The lowest BCUT2D eigenvalue weighted by Crippen LogP contribution is -2.45. The first-order valence-corrected chi connectivity index (χ1v) is 6.51. The average Bonchev–Trinajstić information content (AvgIpc) is 2.57. The summed E-state index contributed by atoms with van der Waals surface area (Å²) in [5, 5.41) is 3.62. The predicted molar refractivity (Wildman–Crippen MR) is 71.8 cm³/mol. The van der Waals surface area contributed by atoms with E-state index >= 15 is 0 Å². The van der Waals surface area contributed by atoms with Crippen LogP contribution >= 0.6 is 0 Å². The summed E-state index contributed by atoms with van der Waals surface area (Å²) in [5.41, 5.74) is 1.67. The topological polar surface area (TPSA) is 15.3 Å². The second-order valence-electron chi connectivity index (χ2n) is 6.20. The second kappa shape index (κ2) is 5.83. The SMILES string of the molecule is CC(C)=CCN1CCCC1CNC(C)(C)C. The van der Waals surface area contributed by atoms with Gasteiger partial charge in [-0.1, -0.05) is 11.6 Å². The Labute approximate surface area is 101 Å². The van der Waals surface area contributed by atoms with Gasteiger partial charge in [-0.25, -0.2) is 0 Å². The van der Waals surface area contributed by atoms with Crippen molar-refractivity contribution in [2.75, 3.05) is 19.6 Å². The molecule has 0 spiro atoms. The van der Waals surface area contributed by atoms with Gasteiger partial charge in [-0.15, -0.1) is 0 Å². The van der Waals surface area contributed by atoms with E-state index < -0.39 is 0 Å². The van der Waals surface area contributed by atoms with Crippen molar-refractivity contribution in [1.29, 1.82) is 0 Å². The van der Waals surface area contributed by atoms with Crippen molar-refractivity contribution < 1.29 is 0 Å². The van der Waals surface area contributed by atoms with Gasteiger partial charge in [0.25, 0.3) is 0 Å². The van der Waals surface area contributed by atoms with Gasteiger partial charge in [0, 0.05) is 24.7 Å². The Balaban J connectivity index is 2.37. The molecule has 1 rings (SSSR count). The molecule has 1 fully saturated rings. The monoisotopic (exact) mass is 224 g/mol. The highest BCUT2D eigenvalue weighted by molar-refractivity contribution is 4.97. The van der Waals surface area contributed by atoms with Crippen LogP contribution in [0.25, 0.3) is 0 Å². The molecule has 0 aromatic rings. The summed E-state index contributed by atoms with van der Waals surface area (Å²) in [6.07, 6.45) is 5.04. The van der Waals surface area contributed by atoms with Gasteiger partial charge in [-0.2, -0.15) is 0 Å². The Kier molecular flexibility index (Phi) is 5.00. The van der Waals surface area contributed by atoms with Gasteiger partial charge < -0.3 is 5.32 Å². The third-order valence-electron chi connectivity index (χ3n) is 3.10. The van der Waals surface area contributed by atoms with Gasteiger partial charge in [-0.05, 0) is 54.0 Å². The van der Waals surface area contributed by atoms with Crippen molar-refractivity contribution in [3.05, 3.63) is 11.6 Å². The molecule has 0 bridgehead atoms. The van der Waals surface area contributed by atoms with E-state index in [-0.39, 0.29) is 5.54 Å². The van der Waals surface area contributed by atoms with Crippen molar-refractivity contribution in [3.8, 4) is 0 Å². The second-order valence-corrected chi connectivity index (χ2v) is 6.20. The summed E-state index contributed by atoms with van der Waals surface area (Å²) in [6.45, 7) is 14.6. The Hall–Kier alpha value is -0.340. The fourth-order valence-electron chi connectivity index (χ4n) is 2.09. The van der Waals surface area contributed by atoms with Gasteiger partial charge in [-0.3, -0.25) is 4.90 Å². The quantitative estimate of drug-likeness (QED) is 0.739. The van der Waals surface area contributed by atoms with Crippen LogP contribution in [0.5, 0.6) is 0 Å². The highest BCUT2D eigenvalue weighted by Gasteiger charge is 2.24. The minimum absolute atomic E-state index is 0.241. The zero-order valence-corrected chi connectivity index (χ0v) is 11.6.